The van der Waals surface area contributed by atoms with Crippen LogP contribution in [0.2, 0.25) is 0 Å². The van der Waals surface area contributed by atoms with Crippen LogP contribution >= 0.6 is 27.3 Å². The fraction of sp³-hybridized carbons (Fsp3) is 0.125. The fourth-order valence-corrected chi connectivity index (χ4v) is 3.76. The van der Waals surface area contributed by atoms with Gasteiger partial charge in [-0.2, -0.15) is 0 Å². The van der Waals surface area contributed by atoms with Crippen molar-refractivity contribution in [1.29, 1.82) is 0 Å². The summed E-state index contributed by atoms with van der Waals surface area (Å²) in [5.41, 5.74) is 1.52. The first-order valence-electron chi connectivity index (χ1n) is 6.46. The van der Waals surface area contributed by atoms with Gasteiger partial charge in [0.2, 0.25) is 0 Å². The van der Waals surface area contributed by atoms with E-state index in [4.69, 9.17) is 0 Å². The highest BCUT2D eigenvalue weighted by Crippen LogP contribution is 2.25. The summed E-state index contributed by atoms with van der Waals surface area (Å²) < 4.78 is 1.08. The number of aromatic nitrogens is 1. The van der Waals surface area contributed by atoms with Crippen molar-refractivity contribution in [1.82, 2.24) is 4.98 Å². The zero-order chi connectivity index (χ0) is 14.8. The van der Waals surface area contributed by atoms with Crippen molar-refractivity contribution < 1.29 is 4.79 Å². The lowest BCUT2D eigenvalue weighted by Crippen LogP contribution is -2.18. The van der Waals surface area contributed by atoms with E-state index in [1.807, 2.05) is 42.3 Å². The number of carbonyl (C=O) groups is 1. The molecule has 2 aromatic heterocycles. The van der Waals surface area contributed by atoms with Crippen LogP contribution in [0.1, 0.15) is 15.2 Å². The predicted molar refractivity (Wildman–Crippen MR) is 91.3 cm³/mol. The number of pyridine rings is 1. The molecule has 0 aliphatic carbocycles. The van der Waals surface area contributed by atoms with Gasteiger partial charge in [-0.1, -0.05) is 18.2 Å². The number of anilines is 1. The number of thiophene rings is 1. The molecule has 3 nitrogen and oxygen atoms in total. The minimum atomic E-state index is 0.617. The Morgan fingerprint density at radius 2 is 2.14 bits per heavy atom. The first-order valence-corrected chi connectivity index (χ1v) is 8.13. The smallest absolute Gasteiger partial charge is 0.153 e. The van der Waals surface area contributed by atoms with E-state index in [0.717, 1.165) is 28.2 Å². The zero-order valence-electron chi connectivity index (χ0n) is 11.4. The summed E-state index contributed by atoms with van der Waals surface area (Å²) >= 11 is 5.14. The molecule has 0 fully saturated rings. The van der Waals surface area contributed by atoms with Crippen LogP contribution in [-0.4, -0.2) is 18.3 Å². The summed E-state index contributed by atoms with van der Waals surface area (Å²) in [6, 6.07) is 11.8. The Morgan fingerprint density at radius 3 is 2.86 bits per heavy atom. The maximum atomic E-state index is 11.4. The topological polar surface area (TPSA) is 33.2 Å². The van der Waals surface area contributed by atoms with E-state index in [0.29, 0.717) is 11.4 Å². The number of nitrogens with zero attached hydrogens (tertiary/aromatic N) is 2. The Labute approximate surface area is 135 Å². The molecule has 0 bridgehead atoms. The van der Waals surface area contributed by atoms with Crippen molar-refractivity contribution in [3.05, 3.63) is 56.7 Å². The van der Waals surface area contributed by atoms with Crippen molar-refractivity contribution in [2.24, 2.45) is 0 Å². The third kappa shape index (κ3) is 2.99. The van der Waals surface area contributed by atoms with Gasteiger partial charge in [-0.05, 0) is 34.1 Å². The second-order valence-electron chi connectivity index (χ2n) is 4.80. The molecule has 0 saturated heterocycles. The average Bonchev–Trinajstić information content (AvgIpc) is 2.90. The Hall–Kier alpha value is -1.72. The highest BCUT2D eigenvalue weighted by Gasteiger charge is 2.12. The van der Waals surface area contributed by atoms with Crippen LogP contribution in [0.4, 0.5) is 5.82 Å². The van der Waals surface area contributed by atoms with Gasteiger partial charge >= 0.3 is 0 Å². The molecule has 106 valence electrons. The molecule has 0 atom stereocenters. The lowest BCUT2D eigenvalue weighted by Gasteiger charge is -2.19. The number of fused-ring (bicyclic) bond motifs is 1. The van der Waals surface area contributed by atoms with Crippen molar-refractivity contribution in [3.63, 3.8) is 0 Å². The third-order valence-electron chi connectivity index (χ3n) is 3.24. The molecule has 3 aromatic rings. The summed E-state index contributed by atoms with van der Waals surface area (Å²) in [4.78, 5) is 19.2. The second-order valence-corrected chi connectivity index (χ2v) is 6.71. The number of rotatable bonds is 4. The predicted octanol–water partition coefficient (Wildman–Crippen LogP) is 4.51. The molecule has 0 saturated carbocycles. The van der Waals surface area contributed by atoms with E-state index >= 15 is 0 Å². The minimum absolute atomic E-state index is 0.617. The van der Waals surface area contributed by atoms with Crippen molar-refractivity contribution >= 4 is 50.3 Å². The normalized spacial score (nSPS) is 10.8. The molecule has 21 heavy (non-hydrogen) atoms. The molecule has 5 heteroatoms. The number of carbonyl (C=O) groups excluding carboxylic acids is 1. The highest BCUT2D eigenvalue weighted by molar-refractivity contribution is 9.10. The standard InChI is InChI=1S/C16H13BrN2OS/c1-19(8-14-7-13(17)10-21-14)16-12(9-20)6-11-4-2-3-5-15(11)18-16/h2-7,9-10H,8H2,1H3. The van der Waals surface area contributed by atoms with E-state index in [1.165, 1.54) is 4.88 Å². The number of benzene rings is 1. The maximum absolute atomic E-state index is 11.4. The molecule has 3 rings (SSSR count). The lowest BCUT2D eigenvalue weighted by atomic mass is 10.1. The van der Waals surface area contributed by atoms with E-state index in [-0.39, 0.29) is 0 Å². The van der Waals surface area contributed by atoms with Crippen LogP contribution in [0.5, 0.6) is 0 Å². The Balaban J connectivity index is 1.99. The van der Waals surface area contributed by atoms with E-state index in [1.54, 1.807) is 11.3 Å². The second kappa shape index (κ2) is 5.95. The molecule has 0 unspecified atom stereocenters. The molecular formula is C16H13BrN2OS. The molecule has 0 aliphatic heterocycles. The van der Waals surface area contributed by atoms with Crippen LogP contribution in [0.15, 0.2) is 46.3 Å². The number of hydrogen-bond donors (Lipinski definition) is 0. The van der Waals surface area contributed by atoms with Gasteiger partial charge in [0, 0.05) is 27.2 Å². The quantitative estimate of drug-likeness (QED) is 0.641. The zero-order valence-corrected chi connectivity index (χ0v) is 13.8. The van der Waals surface area contributed by atoms with Crippen LogP contribution < -0.4 is 4.90 Å². The molecule has 1 aromatic carbocycles. The van der Waals surface area contributed by atoms with E-state index < -0.39 is 0 Å². The van der Waals surface area contributed by atoms with Crippen LogP contribution in [-0.2, 0) is 6.54 Å². The lowest BCUT2D eigenvalue weighted by molar-refractivity contribution is 0.112. The SMILES string of the molecule is CN(Cc1cc(Br)cs1)c1nc2ccccc2cc1C=O. The number of halogens is 1. The molecule has 0 spiro atoms. The summed E-state index contributed by atoms with van der Waals surface area (Å²) in [5, 5.41) is 3.04. The van der Waals surface area contributed by atoms with Crippen LogP contribution in [0.25, 0.3) is 10.9 Å². The molecule has 2 heterocycles. The highest BCUT2D eigenvalue weighted by atomic mass is 79.9. The Morgan fingerprint density at radius 1 is 1.33 bits per heavy atom. The third-order valence-corrected chi connectivity index (χ3v) is 4.92. The summed E-state index contributed by atoms with van der Waals surface area (Å²) in [6.07, 6.45) is 0.871. The van der Waals surface area contributed by atoms with Crippen molar-refractivity contribution in [2.45, 2.75) is 6.54 Å². The summed E-state index contributed by atoms with van der Waals surface area (Å²) in [6.45, 7) is 0.725. The Kier molecular flexibility index (Phi) is 4.03. The molecule has 0 aliphatic rings. The first-order chi connectivity index (χ1) is 10.2. The van der Waals surface area contributed by atoms with E-state index in [9.17, 15) is 4.79 Å². The van der Waals surface area contributed by atoms with Gasteiger partial charge in [-0.3, -0.25) is 4.79 Å². The molecule has 0 N–H and O–H groups in total. The van der Waals surface area contributed by atoms with Gasteiger partial charge in [-0.25, -0.2) is 4.98 Å². The van der Waals surface area contributed by atoms with Gasteiger partial charge in [0.05, 0.1) is 17.6 Å². The van der Waals surface area contributed by atoms with Gasteiger partial charge in [0.15, 0.2) is 6.29 Å². The van der Waals surface area contributed by atoms with Gasteiger partial charge < -0.3 is 4.90 Å². The molecule has 0 amide bonds. The van der Waals surface area contributed by atoms with E-state index in [2.05, 4.69) is 32.4 Å². The number of hydrogen-bond acceptors (Lipinski definition) is 4. The largest absolute Gasteiger partial charge is 0.354 e. The van der Waals surface area contributed by atoms with Crippen LogP contribution in [0.3, 0.4) is 0 Å². The minimum Gasteiger partial charge on any atom is -0.354 e. The monoisotopic (exact) mass is 360 g/mol. The number of aldehydes is 1. The van der Waals surface area contributed by atoms with Crippen LogP contribution in [0, 0.1) is 0 Å². The average molecular weight is 361 g/mol. The first kappa shape index (κ1) is 14.2. The fourth-order valence-electron chi connectivity index (χ4n) is 2.26. The Bertz CT molecular complexity index is 800. The van der Waals surface area contributed by atoms with Gasteiger partial charge in [0.1, 0.15) is 5.82 Å². The van der Waals surface area contributed by atoms with Gasteiger partial charge in [0.25, 0.3) is 0 Å². The molecular weight excluding hydrogens is 348 g/mol. The van der Waals surface area contributed by atoms with Gasteiger partial charge in [-0.15, -0.1) is 11.3 Å². The maximum Gasteiger partial charge on any atom is 0.153 e. The molecule has 0 radical (unpaired) electrons. The summed E-state index contributed by atoms with van der Waals surface area (Å²) in [7, 11) is 1.96. The van der Waals surface area contributed by atoms with Crippen molar-refractivity contribution in [3.8, 4) is 0 Å². The number of para-hydroxylation sites is 1. The summed E-state index contributed by atoms with van der Waals surface area (Å²) in [5.74, 6) is 0.716. The van der Waals surface area contributed by atoms with Crippen molar-refractivity contribution in [2.75, 3.05) is 11.9 Å².